The van der Waals surface area contributed by atoms with Gasteiger partial charge >= 0.3 is 5.97 Å². The Bertz CT molecular complexity index is 324. The fraction of sp³-hybridized carbons (Fsp3) is 0.429. The van der Waals surface area contributed by atoms with E-state index in [-0.39, 0.29) is 6.42 Å². The zero-order valence-electron chi connectivity index (χ0n) is 7.07. The number of hydrogen-bond donors (Lipinski definition) is 2. The van der Waals surface area contributed by atoms with Crippen LogP contribution in [0.5, 0.6) is 0 Å². The van der Waals surface area contributed by atoms with E-state index in [9.17, 15) is 4.79 Å². The fourth-order valence-corrected chi connectivity index (χ4v) is 1.47. The summed E-state index contributed by atoms with van der Waals surface area (Å²) < 4.78 is 2.29. The number of aromatic nitrogens is 2. The van der Waals surface area contributed by atoms with Gasteiger partial charge in [0.1, 0.15) is 10.6 Å². The smallest absolute Gasteiger partial charge is 0.320 e. The van der Waals surface area contributed by atoms with Crippen molar-refractivity contribution in [1.29, 1.82) is 0 Å². The van der Waals surface area contributed by atoms with Crippen LogP contribution in [0.1, 0.15) is 5.69 Å². The molecule has 13 heavy (non-hydrogen) atoms. The largest absolute Gasteiger partial charge is 0.480 e. The van der Waals surface area contributed by atoms with Crippen molar-refractivity contribution in [3.05, 3.63) is 16.4 Å². The van der Waals surface area contributed by atoms with Crippen molar-refractivity contribution in [3.63, 3.8) is 0 Å². The van der Waals surface area contributed by atoms with Crippen molar-refractivity contribution >= 4 is 21.9 Å². The first kappa shape index (κ1) is 10.2. The molecule has 0 saturated heterocycles. The quantitative estimate of drug-likeness (QED) is 0.797. The van der Waals surface area contributed by atoms with Gasteiger partial charge in [-0.2, -0.15) is 5.10 Å². The summed E-state index contributed by atoms with van der Waals surface area (Å²) in [5.74, 6) is -1.00. The van der Waals surface area contributed by atoms with Gasteiger partial charge in [0.2, 0.25) is 0 Å². The molecule has 0 fully saturated rings. The van der Waals surface area contributed by atoms with Gasteiger partial charge in [-0.1, -0.05) is 0 Å². The summed E-state index contributed by atoms with van der Waals surface area (Å²) in [6.07, 6.45) is 0.282. The minimum Gasteiger partial charge on any atom is -0.480 e. The molecule has 0 aliphatic heterocycles. The lowest BCUT2D eigenvalue weighted by atomic mass is 10.2. The summed E-state index contributed by atoms with van der Waals surface area (Å²) in [5, 5.41) is 12.6. The average Bonchev–Trinajstić information content (AvgIpc) is 2.30. The van der Waals surface area contributed by atoms with Gasteiger partial charge in [0.15, 0.2) is 0 Å². The number of nitrogens with zero attached hydrogens (tertiary/aromatic N) is 2. The molecule has 6 heteroatoms. The third-order valence-electron chi connectivity index (χ3n) is 1.69. The molecule has 3 N–H and O–H groups in total. The number of aryl methyl sites for hydroxylation is 1. The third kappa shape index (κ3) is 2.53. The molecule has 1 unspecified atom stereocenters. The minimum absolute atomic E-state index is 0.282. The molecule has 72 valence electrons. The molecule has 0 saturated carbocycles. The zero-order valence-corrected chi connectivity index (χ0v) is 8.65. The molecule has 0 aliphatic carbocycles. The summed E-state index contributed by atoms with van der Waals surface area (Å²) >= 11 is 3.19. The van der Waals surface area contributed by atoms with Gasteiger partial charge in [-0.05, 0) is 22.0 Å². The maximum absolute atomic E-state index is 10.5. The van der Waals surface area contributed by atoms with Gasteiger partial charge in [0, 0.05) is 19.2 Å². The van der Waals surface area contributed by atoms with Crippen LogP contribution >= 0.6 is 15.9 Å². The highest BCUT2D eigenvalue weighted by molar-refractivity contribution is 9.10. The van der Waals surface area contributed by atoms with E-state index in [1.165, 1.54) is 0 Å². The molecule has 1 aromatic rings. The molecule has 1 rings (SSSR count). The Morgan fingerprint density at radius 1 is 1.92 bits per heavy atom. The minimum atomic E-state index is -1.00. The molecular weight excluding hydrogens is 238 g/mol. The van der Waals surface area contributed by atoms with E-state index in [0.29, 0.717) is 4.60 Å². The highest BCUT2D eigenvalue weighted by Crippen LogP contribution is 2.10. The van der Waals surface area contributed by atoms with Crippen molar-refractivity contribution in [3.8, 4) is 0 Å². The van der Waals surface area contributed by atoms with Crippen LogP contribution < -0.4 is 5.73 Å². The number of carboxylic acid groups (broad SMARTS) is 1. The number of rotatable bonds is 3. The van der Waals surface area contributed by atoms with E-state index in [2.05, 4.69) is 21.0 Å². The van der Waals surface area contributed by atoms with Crippen LogP contribution in [0.2, 0.25) is 0 Å². The predicted octanol–water partition coefficient (Wildman–Crippen LogP) is 0.137. The lowest BCUT2D eigenvalue weighted by molar-refractivity contribution is -0.138. The maximum atomic E-state index is 10.5. The van der Waals surface area contributed by atoms with Crippen LogP contribution in [0.25, 0.3) is 0 Å². The molecule has 0 radical (unpaired) electrons. The topological polar surface area (TPSA) is 81.1 Å². The number of carbonyl (C=O) groups is 1. The molecule has 5 nitrogen and oxygen atoms in total. The zero-order chi connectivity index (χ0) is 10.0. The first-order valence-electron chi connectivity index (χ1n) is 3.67. The van der Waals surface area contributed by atoms with Crippen LogP contribution in [0.3, 0.4) is 0 Å². The summed E-state index contributed by atoms with van der Waals surface area (Å²) in [4.78, 5) is 10.5. The SMILES string of the molecule is Cn1nc(Br)cc1CC(N)C(=O)O. The van der Waals surface area contributed by atoms with E-state index in [4.69, 9.17) is 10.8 Å². The van der Waals surface area contributed by atoms with Gasteiger partial charge in [0.25, 0.3) is 0 Å². The molecule has 0 aliphatic rings. The molecular formula is C7H10BrN3O2. The van der Waals surface area contributed by atoms with E-state index < -0.39 is 12.0 Å². The molecule has 1 aromatic heterocycles. The summed E-state index contributed by atoms with van der Waals surface area (Å²) in [7, 11) is 1.74. The Morgan fingerprint density at radius 2 is 2.54 bits per heavy atom. The summed E-state index contributed by atoms with van der Waals surface area (Å²) in [6, 6.07) is 0.880. The Kier molecular flexibility index (Phi) is 3.05. The normalized spacial score (nSPS) is 12.8. The average molecular weight is 248 g/mol. The predicted molar refractivity (Wildman–Crippen MR) is 50.2 cm³/mol. The first-order valence-corrected chi connectivity index (χ1v) is 4.47. The molecule has 1 atom stereocenters. The number of carboxylic acids is 1. The Hall–Kier alpha value is -0.880. The van der Waals surface area contributed by atoms with Crippen LogP contribution in [-0.2, 0) is 18.3 Å². The van der Waals surface area contributed by atoms with E-state index in [1.54, 1.807) is 17.8 Å². The second-order valence-electron chi connectivity index (χ2n) is 2.73. The van der Waals surface area contributed by atoms with Gasteiger partial charge in [-0.3, -0.25) is 9.48 Å². The lowest BCUT2D eigenvalue weighted by Gasteiger charge is -2.05. The van der Waals surface area contributed by atoms with Crippen molar-refractivity contribution in [2.75, 3.05) is 0 Å². The number of aliphatic carboxylic acids is 1. The van der Waals surface area contributed by atoms with Gasteiger partial charge in [0.05, 0.1) is 0 Å². The molecule has 0 aromatic carbocycles. The summed E-state index contributed by atoms with van der Waals surface area (Å²) in [6.45, 7) is 0. The molecule has 1 heterocycles. The lowest BCUT2D eigenvalue weighted by Crippen LogP contribution is -2.32. The van der Waals surface area contributed by atoms with Gasteiger partial charge in [-0.25, -0.2) is 0 Å². The van der Waals surface area contributed by atoms with Crippen LogP contribution in [0.4, 0.5) is 0 Å². The highest BCUT2D eigenvalue weighted by Gasteiger charge is 2.14. The molecule has 0 spiro atoms. The van der Waals surface area contributed by atoms with Crippen LogP contribution in [0.15, 0.2) is 10.7 Å². The Morgan fingerprint density at radius 3 is 2.92 bits per heavy atom. The first-order chi connectivity index (χ1) is 6.00. The number of nitrogens with two attached hydrogens (primary N) is 1. The second-order valence-corrected chi connectivity index (χ2v) is 3.54. The van der Waals surface area contributed by atoms with Crippen molar-refractivity contribution < 1.29 is 9.90 Å². The van der Waals surface area contributed by atoms with E-state index in [1.807, 2.05) is 0 Å². The van der Waals surface area contributed by atoms with Crippen LogP contribution in [0, 0.1) is 0 Å². The van der Waals surface area contributed by atoms with Crippen molar-refractivity contribution in [1.82, 2.24) is 9.78 Å². The van der Waals surface area contributed by atoms with Crippen molar-refractivity contribution in [2.24, 2.45) is 12.8 Å². The fourth-order valence-electron chi connectivity index (χ4n) is 0.971. The standard InChI is InChI=1S/C7H10BrN3O2/c1-11-4(3-6(8)10-11)2-5(9)7(12)13/h3,5H,2,9H2,1H3,(H,12,13). The third-order valence-corrected chi connectivity index (χ3v) is 2.08. The summed E-state index contributed by atoms with van der Waals surface area (Å²) in [5.41, 5.74) is 6.16. The highest BCUT2D eigenvalue weighted by atomic mass is 79.9. The van der Waals surface area contributed by atoms with Gasteiger partial charge in [-0.15, -0.1) is 0 Å². The van der Waals surface area contributed by atoms with E-state index >= 15 is 0 Å². The molecule has 0 amide bonds. The number of hydrogen-bond acceptors (Lipinski definition) is 3. The van der Waals surface area contributed by atoms with Crippen molar-refractivity contribution in [2.45, 2.75) is 12.5 Å². The maximum Gasteiger partial charge on any atom is 0.320 e. The molecule has 0 bridgehead atoms. The Labute approximate surface area is 83.7 Å². The Balaban J connectivity index is 2.74. The monoisotopic (exact) mass is 247 g/mol. The second kappa shape index (κ2) is 3.89. The van der Waals surface area contributed by atoms with Crippen LogP contribution in [-0.4, -0.2) is 26.9 Å². The van der Waals surface area contributed by atoms with Gasteiger partial charge < -0.3 is 10.8 Å². The number of halogens is 1. The van der Waals surface area contributed by atoms with E-state index in [0.717, 1.165) is 5.69 Å².